The standard InChI is InChI=1S/2CH3O.CH3.Fe/c2*1-2;;/h2*1H3;1H3;/q2*-1;;+2. The molecule has 0 heterocycles. The second kappa shape index (κ2) is 3.62. The summed E-state index contributed by atoms with van der Waals surface area (Å²) in [6, 6.07) is 0. The van der Waals surface area contributed by atoms with Gasteiger partial charge in [-0.2, -0.15) is 0 Å². The van der Waals surface area contributed by atoms with Gasteiger partial charge in [-0.15, -0.1) is 0 Å². The summed E-state index contributed by atoms with van der Waals surface area (Å²) in [4.78, 5) is 0. The van der Waals surface area contributed by atoms with E-state index in [0.29, 0.717) is 0 Å². The maximum absolute atomic E-state index is 4.76. The molecule has 0 aliphatic carbocycles. The molecule has 0 saturated carbocycles. The molecule has 3 heteroatoms. The Labute approximate surface area is 43.0 Å². The van der Waals surface area contributed by atoms with Crippen LogP contribution in [0.25, 0.3) is 0 Å². The molecule has 6 heavy (non-hydrogen) atoms. The molecule has 0 radical (unpaired) electrons. The first kappa shape index (κ1) is 6.44. The number of rotatable bonds is 2. The van der Waals surface area contributed by atoms with Crippen LogP contribution in [0.3, 0.4) is 0 Å². The van der Waals surface area contributed by atoms with E-state index in [0.717, 1.165) is 0 Å². The molecule has 0 aromatic rings. The van der Waals surface area contributed by atoms with Gasteiger partial charge in [0.1, 0.15) is 0 Å². The molecule has 0 aromatic carbocycles. The Morgan fingerprint density at radius 3 is 1.50 bits per heavy atom. The first-order chi connectivity index (χ1) is 2.81. The molecule has 0 amide bonds. The third-order valence-electron chi connectivity index (χ3n) is 0.407. The van der Waals surface area contributed by atoms with Crippen LogP contribution in [0.15, 0.2) is 0 Å². The molecule has 41 valence electrons. The van der Waals surface area contributed by atoms with Gasteiger partial charge < -0.3 is 0 Å². The van der Waals surface area contributed by atoms with Crippen molar-refractivity contribution in [3.05, 3.63) is 0 Å². The summed E-state index contributed by atoms with van der Waals surface area (Å²) < 4.78 is 9.52. The maximum atomic E-state index is 4.76. The SMILES string of the molecule is C[O][Fe]([CH3])[O]C. The molecule has 0 fully saturated rings. The van der Waals surface area contributed by atoms with Crippen molar-refractivity contribution in [1.29, 1.82) is 0 Å². The zero-order valence-electron chi connectivity index (χ0n) is 4.17. The molecule has 0 aliphatic rings. The predicted molar refractivity (Wildman–Crippen MR) is 19.9 cm³/mol. The third-order valence-corrected chi connectivity index (χ3v) is 1.68. The quantitative estimate of drug-likeness (QED) is 0.518. The Balaban J connectivity index is 2.75. The first-order valence-corrected chi connectivity index (χ1v) is 3.46. The van der Waals surface area contributed by atoms with E-state index in [9.17, 15) is 0 Å². The normalized spacial score (nSPS) is 11.5. The molecule has 0 N–H and O–H groups in total. The zero-order chi connectivity index (χ0) is 4.99. The van der Waals surface area contributed by atoms with Gasteiger partial charge in [-0.25, -0.2) is 0 Å². The van der Waals surface area contributed by atoms with Gasteiger partial charge in [-0.05, 0) is 0 Å². The number of hydrogen-bond donors (Lipinski definition) is 0. The average molecular weight is 133 g/mol. The fourth-order valence-corrected chi connectivity index (χ4v) is 0.243. The van der Waals surface area contributed by atoms with E-state index >= 15 is 0 Å². The van der Waals surface area contributed by atoms with E-state index < -0.39 is 14.6 Å². The summed E-state index contributed by atoms with van der Waals surface area (Å²) in [5, 5.41) is 0. The van der Waals surface area contributed by atoms with Crippen molar-refractivity contribution >= 4 is 0 Å². The van der Waals surface area contributed by atoms with Gasteiger partial charge in [0.15, 0.2) is 0 Å². The monoisotopic (exact) mass is 133 g/mol. The summed E-state index contributed by atoms with van der Waals surface area (Å²) >= 11 is -0.722. The van der Waals surface area contributed by atoms with E-state index in [-0.39, 0.29) is 0 Å². The molecule has 0 aromatic heterocycles. The van der Waals surface area contributed by atoms with Gasteiger partial charge in [0.25, 0.3) is 0 Å². The van der Waals surface area contributed by atoms with Gasteiger partial charge in [-0.1, -0.05) is 0 Å². The van der Waals surface area contributed by atoms with Crippen LogP contribution in [0.1, 0.15) is 0 Å². The average Bonchev–Trinajstić information content (AvgIpc) is 1.65. The molecule has 2 nitrogen and oxygen atoms in total. The second-order valence-electron chi connectivity index (χ2n) is 0.636. The molecular formula is C3H9FeO2. The molecule has 0 bridgehead atoms. The van der Waals surface area contributed by atoms with Gasteiger partial charge in [0, 0.05) is 0 Å². The minimum atomic E-state index is -0.722. The fraction of sp³-hybridized carbons (Fsp3) is 1.00. The van der Waals surface area contributed by atoms with Crippen molar-refractivity contribution in [2.24, 2.45) is 0 Å². The topological polar surface area (TPSA) is 18.5 Å². The summed E-state index contributed by atoms with van der Waals surface area (Å²) in [5.74, 6) is 1.92. The van der Waals surface area contributed by atoms with Gasteiger partial charge in [0.2, 0.25) is 0 Å². The van der Waals surface area contributed by atoms with E-state index in [1.165, 1.54) is 0 Å². The van der Waals surface area contributed by atoms with Crippen LogP contribution in [0.4, 0.5) is 0 Å². The molecule has 0 aliphatic heterocycles. The first-order valence-electron chi connectivity index (χ1n) is 1.46. The van der Waals surface area contributed by atoms with Gasteiger partial charge in [-0.3, -0.25) is 0 Å². The Morgan fingerprint density at radius 2 is 1.50 bits per heavy atom. The van der Waals surface area contributed by atoms with E-state index in [4.69, 9.17) is 7.64 Å². The molecule has 0 unspecified atom stereocenters. The van der Waals surface area contributed by atoms with Crippen LogP contribution in [-0.2, 0) is 22.2 Å². The molecule has 0 atom stereocenters. The van der Waals surface area contributed by atoms with Crippen molar-refractivity contribution in [1.82, 2.24) is 0 Å². The Hall–Kier alpha value is 0.439. The summed E-state index contributed by atoms with van der Waals surface area (Å²) in [5.41, 5.74) is 0. The van der Waals surface area contributed by atoms with Crippen LogP contribution in [0.2, 0.25) is 5.82 Å². The Bertz CT molecular complexity index is 28.0. The van der Waals surface area contributed by atoms with Crippen molar-refractivity contribution in [2.45, 2.75) is 5.82 Å². The Morgan fingerprint density at radius 1 is 1.17 bits per heavy atom. The third kappa shape index (κ3) is 2.66. The summed E-state index contributed by atoms with van der Waals surface area (Å²) in [6.07, 6.45) is 0. The van der Waals surface area contributed by atoms with Gasteiger partial charge in [0.05, 0.1) is 0 Å². The van der Waals surface area contributed by atoms with Crippen molar-refractivity contribution < 1.29 is 22.2 Å². The molecule has 0 saturated heterocycles. The van der Waals surface area contributed by atoms with Crippen LogP contribution in [-0.4, -0.2) is 14.2 Å². The van der Waals surface area contributed by atoms with Crippen LogP contribution < -0.4 is 0 Å². The number of hydrogen-bond acceptors (Lipinski definition) is 2. The van der Waals surface area contributed by atoms with E-state index in [1.807, 2.05) is 5.82 Å². The van der Waals surface area contributed by atoms with Crippen LogP contribution in [0.5, 0.6) is 0 Å². The predicted octanol–water partition coefficient (Wildman–Crippen LogP) is 0.775. The molecular weight excluding hydrogens is 124 g/mol. The molecule has 0 spiro atoms. The summed E-state index contributed by atoms with van der Waals surface area (Å²) in [6.45, 7) is 0. The van der Waals surface area contributed by atoms with Crippen LogP contribution in [0, 0.1) is 0 Å². The van der Waals surface area contributed by atoms with Crippen molar-refractivity contribution in [2.75, 3.05) is 14.2 Å². The van der Waals surface area contributed by atoms with Crippen molar-refractivity contribution in [3.63, 3.8) is 0 Å². The van der Waals surface area contributed by atoms with Crippen molar-refractivity contribution in [3.8, 4) is 0 Å². The minimum absolute atomic E-state index is 0.722. The summed E-state index contributed by atoms with van der Waals surface area (Å²) in [7, 11) is 3.28. The second-order valence-corrected chi connectivity index (χ2v) is 2.62. The fourth-order valence-electron chi connectivity index (χ4n) is 0.0589. The van der Waals surface area contributed by atoms with Gasteiger partial charge >= 0.3 is 42.2 Å². The van der Waals surface area contributed by atoms with Crippen LogP contribution >= 0.6 is 0 Å². The zero-order valence-corrected chi connectivity index (χ0v) is 5.27. The molecule has 0 rings (SSSR count). The Kier molecular flexibility index (Phi) is 3.89. The van der Waals surface area contributed by atoms with E-state index in [1.54, 1.807) is 14.2 Å². The van der Waals surface area contributed by atoms with E-state index in [2.05, 4.69) is 0 Å².